The average Bonchev–Trinajstić information content (AvgIpc) is 3.21. The number of hydrogen-bond donors (Lipinski definition) is 1. The van der Waals surface area contributed by atoms with Gasteiger partial charge in [-0.25, -0.2) is 8.42 Å². The summed E-state index contributed by atoms with van der Waals surface area (Å²) < 4.78 is 27.3. The van der Waals surface area contributed by atoms with Crippen molar-refractivity contribution in [3.8, 4) is 0 Å². The van der Waals surface area contributed by atoms with E-state index in [2.05, 4.69) is 5.32 Å². The number of carbonyl (C=O) groups excluding carboxylic acids is 1. The van der Waals surface area contributed by atoms with Crippen molar-refractivity contribution < 1.29 is 13.2 Å². The minimum Gasteiger partial charge on any atom is -0.326 e. The molecule has 144 valence electrons. The van der Waals surface area contributed by atoms with Gasteiger partial charge in [0.2, 0.25) is 15.9 Å². The van der Waals surface area contributed by atoms with Crippen LogP contribution < -0.4 is 5.32 Å². The van der Waals surface area contributed by atoms with Crippen molar-refractivity contribution >= 4 is 33.0 Å². The zero-order valence-corrected chi connectivity index (χ0v) is 16.8. The van der Waals surface area contributed by atoms with Crippen LogP contribution in [0.2, 0.25) is 0 Å². The summed E-state index contributed by atoms with van der Waals surface area (Å²) in [5.74, 6) is -0.0769. The molecule has 1 amide bonds. The molecule has 7 heteroatoms. The molecule has 0 aliphatic carbocycles. The van der Waals surface area contributed by atoms with Gasteiger partial charge in [-0.05, 0) is 53.3 Å². The third-order valence-corrected chi connectivity index (χ3v) is 7.50. The van der Waals surface area contributed by atoms with Gasteiger partial charge in [0.15, 0.2) is 0 Å². The summed E-state index contributed by atoms with van der Waals surface area (Å²) >= 11 is 1.55. The van der Waals surface area contributed by atoms with Crippen LogP contribution in [-0.2, 0) is 34.2 Å². The molecule has 5 nitrogen and oxygen atoms in total. The quantitative estimate of drug-likeness (QED) is 0.695. The fourth-order valence-electron chi connectivity index (χ4n) is 3.33. The molecule has 0 atom stereocenters. The molecule has 4 rings (SSSR count). The molecule has 1 aromatic heterocycles. The summed E-state index contributed by atoms with van der Waals surface area (Å²) in [7, 11) is -3.53. The molecule has 2 heterocycles. The molecule has 1 N–H and O–H groups in total. The van der Waals surface area contributed by atoms with Crippen molar-refractivity contribution in [1.82, 2.24) is 4.31 Å². The van der Waals surface area contributed by atoms with Crippen LogP contribution in [0.1, 0.15) is 16.0 Å². The predicted molar refractivity (Wildman–Crippen MR) is 111 cm³/mol. The summed E-state index contributed by atoms with van der Waals surface area (Å²) in [6.07, 6.45) is 0.994. The van der Waals surface area contributed by atoms with E-state index in [0.29, 0.717) is 36.5 Å². The van der Waals surface area contributed by atoms with E-state index in [-0.39, 0.29) is 5.91 Å². The lowest BCUT2D eigenvalue weighted by molar-refractivity contribution is -0.115. The Morgan fingerprint density at radius 1 is 1.04 bits per heavy atom. The molecule has 0 bridgehead atoms. The first-order valence-electron chi connectivity index (χ1n) is 9.01. The molecular formula is C21H20N2O3S2. The Hall–Kier alpha value is -2.48. The molecule has 0 spiro atoms. The Morgan fingerprint density at radius 2 is 1.86 bits per heavy atom. The number of nitrogens with zero attached hydrogens (tertiary/aromatic N) is 1. The lowest BCUT2D eigenvalue weighted by Crippen LogP contribution is -2.36. The number of carbonyl (C=O) groups is 1. The van der Waals surface area contributed by atoms with Crippen LogP contribution in [0.5, 0.6) is 0 Å². The topological polar surface area (TPSA) is 66.5 Å². The second-order valence-corrected chi connectivity index (χ2v) is 9.66. The molecule has 1 aliphatic heterocycles. The first-order valence-corrected chi connectivity index (χ1v) is 11.3. The number of nitrogens with one attached hydrogen (secondary N) is 1. The van der Waals surface area contributed by atoms with Crippen LogP contribution in [0.3, 0.4) is 0 Å². The van der Waals surface area contributed by atoms with Gasteiger partial charge in [-0.3, -0.25) is 4.79 Å². The van der Waals surface area contributed by atoms with Gasteiger partial charge in [0.05, 0.1) is 11.3 Å². The van der Waals surface area contributed by atoms with Gasteiger partial charge in [-0.15, -0.1) is 11.3 Å². The number of rotatable bonds is 5. The van der Waals surface area contributed by atoms with Gasteiger partial charge >= 0.3 is 0 Å². The van der Waals surface area contributed by atoms with E-state index in [9.17, 15) is 13.2 Å². The smallest absolute Gasteiger partial charge is 0.243 e. The monoisotopic (exact) mass is 412 g/mol. The molecule has 0 saturated heterocycles. The first-order chi connectivity index (χ1) is 13.5. The number of thiophene rings is 1. The van der Waals surface area contributed by atoms with Crippen LogP contribution in [-0.4, -0.2) is 25.2 Å². The van der Waals surface area contributed by atoms with Crippen molar-refractivity contribution in [2.24, 2.45) is 0 Å². The van der Waals surface area contributed by atoms with Crippen LogP contribution in [0, 0.1) is 0 Å². The second kappa shape index (κ2) is 7.87. The molecule has 0 fully saturated rings. The van der Waals surface area contributed by atoms with Crippen molar-refractivity contribution in [3.05, 3.63) is 82.0 Å². The number of hydrogen-bond acceptors (Lipinski definition) is 4. The first kappa shape index (κ1) is 18.9. The highest BCUT2D eigenvalue weighted by atomic mass is 32.2. The minimum absolute atomic E-state index is 0.0769. The molecule has 28 heavy (non-hydrogen) atoms. The Bertz CT molecular complexity index is 1080. The molecule has 0 unspecified atom stereocenters. The van der Waals surface area contributed by atoms with E-state index >= 15 is 0 Å². The minimum atomic E-state index is -3.53. The van der Waals surface area contributed by atoms with Crippen LogP contribution in [0.25, 0.3) is 0 Å². The van der Waals surface area contributed by atoms with Gasteiger partial charge in [0, 0.05) is 23.7 Å². The Kier molecular flexibility index (Phi) is 5.30. The van der Waals surface area contributed by atoms with E-state index < -0.39 is 10.0 Å². The Labute approximate surface area is 168 Å². The van der Waals surface area contributed by atoms with Gasteiger partial charge < -0.3 is 5.32 Å². The fourth-order valence-corrected chi connectivity index (χ4v) is 5.48. The van der Waals surface area contributed by atoms with E-state index in [1.165, 1.54) is 4.31 Å². The standard InChI is InChI=1S/C21H20N2O3S2/c24-21(14-19-5-4-12-27-19)22-18-9-8-16-10-11-23(15-17(16)13-18)28(25,26)20-6-2-1-3-7-20/h1-9,12-13H,10-11,14-15H2,(H,22,24). The highest BCUT2D eigenvalue weighted by molar-refractivity contribution is 7.89. The molecule has 1 aliphatic rings. The van der Waals surface area contributed by atoms with E-state index in [0.717, 1.165) is 16.0 Å². The molecular weight excluding hydrogens is 392 g/mol. The van der Waals surface area contributed by atoms with E-state index in [1.807, 2.05) is 35.7 Å². The Balaban J connectivity index is 1.50. The van der Waals surface area contributed by atoms with Gasteiger partial charge in [-0.2, -0.15) is 4.31 Å². The summed E-state index contributed by atoms with van der Waals surface area (Å²) in [6.45, 7) is 0.759. The molecule has 0 radical (unpaired) electrons. The van der Waals surface area contributed by atoms with Crippen molar-refractivity contribution in [3.63, 3.8) is 0 Å². The number of fused-ring (bicyclic) bond motifs is 1. The maximum atomic E-state index is 12.9. The van der Waals surface area contributed by atoms with E-state index in [4.69, 9.17) is 0 Å². The maximum Gasteiger partial charge on any atom is 0.243 e. The van der Waals surface area contributed by atoms with Gasteiger partial charge in [0.1, 0.15) is 0 Å². The largest absolute Gasteiger partial charge is 0.326 e. The lowest BCUT2D eigenvalue weighted by Gasteiger charge is -2.28. The van der Waals surface area contributed by atoms with E-state index in [1.54, 1.807) is 41.7 Å². The highest BCUT2D eigenvalue weighted by Crippen LogP contribution is 2.27. The summed E-state index contributed by atoms with van der Waals surface area (Å²) in [6, 6.07) is 18.1. The average molecular weight is 413 g/mol. The zero-order chi connectivity index (χ0) is 19.6. The van der Waals surface area contributed by atoms with Crippen molar-refractivity contribution in [1.29, 1.82) is 0 Å². The highest BCUT2D eigenvalue weighted by Gasteiger charge is 2.28. The zero-order valence-electron chi connectivity index (χ0n) is 15.2. The summed E-state index contributed by atoms with van der Waals surface area (Å²) in [5, 5.41) is 4.86. The Morgan fingerprint density at radius 3 is 2.61 bits per heavy atom. The SMILES string of the molecule is O=C(Cc1cccs1)Nc1ccc2c(c1)CN(S(=O)(=O)c1ccccc1)CC2. The van der Waals surface area contributed by atoms with Crippen LogP contribution in [0.4, 0.5) is 5.69 Å². The van der Waals surface area contributed by atoms with Crippen molar-refractivity contribution in [2.75, 3.05) is 11.9 Å². The third kappa shape index (κ3) is 4.01. The van der Waals surface area contributed by atoms with Crippen LogP contribution in [0.15, 0.2) is 70.9 Å². The molecule has 0 saturated carbocycles. The summed E-state index contributed by atoms with van der Waals surface area (Å²) in [4.78, 5) is 13.6. The van der Waals surface area contributed by atoms with Crippen molar-refractivity contribution in [2.45, 2.75) is 24.3 Å². The van der Waals surface area contributed by atoms with Gasteiger partial charge in [-0.1, -0.05) is 30.3 Å². The number of benzene rings is 2. The lowest BCUT2D eigenvalue weighted by atomic mass is 10.0. The third-order valence-electron chi connectivity index (χ3n) is 4.76. The number of sulfonamides is 1. The van der Waals surface area contributed by atoms with Gasteiger partial charge in [0.25, 0.3) is 0 Å². The number of amides is 1. The summed E-state index contributed by atoms with van der Waals surface area (Å²) in [5.41, 5.74) is 2.75. The molecule has 2 aromatic carbocycles. The fraction of sp³-hybridized carbons (Fsp3) is 0.190. The number of anilines is 1. The maximum absolute atomic E-state index is 12.9. The normalized spacial score (nSPS) is 14.4. The van der Waals surface area contributed by atoms with Crippen LogP contribution >= 0.6 is 11.3 Å². The predicted octanol–water partition coefficient (Wildman–Crippen LogP) is 3.68. The second-order valence-electron chi connectivity index (χ2n) is 6.69. The molecule has 3 aromatic rings.